The van der Waals surface area contributed by atoms with Gasteiger partial charge in [-0.1, -0.05) is 12.8 Å². The molecule has 4 heteroatoms. The summed E-state index contributed by atoms with van der Waals surface area (Å²) < 4.78 is 0. The maximum absolute atomic E-state index is 3.74. The zero-order chi connectivity index (χ0) is 9.52. The third kappa shape index (κ3) is 4.22. The highest BCUT2D eigenvalue weighted by Gasteiger charge is 2.13. The molecule has 0 bridgehead atoms. The Balaban J connectivity index is 1.98. The molecule has 1 saturated carbocycles. The minimum Gasteiger partial charge on any atom is -0.339 e. The lowest BCUT2D eigenvalue weighted by molar-refractivity contribution is 0.529. The molecule has 1 fully saturated rings. The van der Waals surface area contributed by atoms with Crippen LogP contribution in [0.1, 0.15) is 25.7 Å². The van der Waals surface area contributed by atoms with Crippen LogP contribution in [-0.4, -0.2) is 36.0 Å². The van der Waals surface area contributed by atoms with E-state index in [0.29, 0.717) is 6.17 Å². The highest BCUT2D eigenvalue weighted by molar-refractivity contribution is 6.32. The van der Waals surface area contributed by atoms with Crippen molar-refractivity contribution in [2.45, 2.75) is 43.9 Å². The highest BCUT2D eigenvalue weighted by atomic mass is 28.2. The molecule has 0 unspecified atom stereocenters. The van der Waals surface area contributed by atoms with Crippen molar-refractivity contribution >= 4 is 9.68 Å². The fourth-order valence-corrected chi connectivity index (χ4v) is 3.84. The van der Waals surface area contributed by atoms with Crippen molar-refractivity contribution in [3.63, 3.8) is 0 Å². The van der Waals surface area contributed by atoms with Gasteiger partial charge in [-0.3, -0.25) is 0 Å². The van der Waals surface area contributed by atoms with E-state index in [0.717, 1.165) is 6.04 Å². The highest BCUT2D eigenvalue weighted by Crippen LogP contribution is 2.17. The minimum absolute atomic E-state index is 0.0625. The van der Waals surface area contributed by atoms with E-state index in [1.54, 1.807) is 0 Å². The van der Waals surface area contributed by atoms with Crippen molar-refractivity contribution in [2.24, 2.45) is 0 Å². The van der Waals surface area contributed by atoms with Gasteiger partial charge in [-0.15, -0.1) is 0 Å². The predicted molar refractivity (Wildman–Crippen MR) is 60.7 cm³/mol. The van der Waals surface area contributed by atoms with Gasteiger partial charge in [0.15, 0.2) is 0 Å². The SMILES string of the molecule is CNC(C[SiH2]NC1CCCC1)NC. The van der Waals surface area contributed by atoms with Gasteiger partial charge in [-0.05, 0) is 39.0 Å². The lowest BCUT2D eigenvalue weighted by atomic mass is 10.3. The van der Waals surface area contributed by atoms with Gasteiger partial charge in [0.1, 0.15) is 0 Å². The molecule has 1 rings (SSSR count). The van der Waals surface area contributed by atoms with Crippen LogP contribution in [0.25, 0.3) is 0 Å². The average molecular weight is 201 g/mol. The Bertz CT molecular complexity index is 120. The number of hydrogen-bond donors (Lipinski definition) is 3. The molecule has 3 N–H and O–H groups in total. The van der Waals surface area contributed by atoms with Crippen LogP contribution in [0.15, 0.2) is 0 Å². The van der Waals surface area contributed by atoms with Crippen molar-refractivity contribution in [3.05, 3.63) is 0 Å². The molecule has 0 aromatic carbocycles. The fraction of sp³-hybridized carbons (Fsp3) is 1.00. The Morgan fingerprint density at radius 3 is 2.38 bits per heavy atom. The van der Waals surface area contributed by atoms with Gasteiger partial charge in [-0.25, -0.2) is 0 Å². The zero-order valence-corrected chi connectivity index (χ0v) is 10.3. The molecule has 13 heavy (non-hydrogen) atoms. The van der Waals surface area contributed by atoms with Crippen LogP contribution in [0.4, 0.5) is 0 Å². The summed E-state index contributed by atoms with van der Waals surface area (Å²) in [7, 11) is 3.98. The topological polar surface area (TPSA) is 36.1 Å². The van der Waals surface area contributed by atoms with Crippen molar-refractivity contribution in [1.29, 1.82) is 0 Å². The third-order valence-electron chi connectivity index (χ3n) is 2.92. The monoisotopic (exact) mass is 201 g/mol. The van der Waals surface area contributed by atoms with Crippen LogP contribution in [0, 0.1) is 0 Å². The lowest BCUT2D eigenvalue weighted by Crippen LogP contribution is -2.42. The fourth-order valence-electron chi connectivity index (χ4n) is 1.99. The van der Waals surface area contributed by atoms with Crippen molar-refractivity contribution in [3.8, 4) is 0 Å². The summed E-state index contributed by atoms with van der Waals surface area (Å²) in [6.07, 6.45) is 6.22. The van der Waals surface area contributed by atoms with Crippen LogP contribution >= 0.6 is 0 Å². The average Bonchev–Trinajstić information content (AvgIpc) is 2.65. The summed E-state index contributed by atoms with van der Waals surface area (Å²) in [6.45, 7) is 0. The van der Waals surface area contributed by atoms with Crippen LogP contribution in [0.5, 0.6) is 0 Å². The first-order chi connectivity index (χ1) is 6.36. The quantitative estimate of drug-likeness (QED) is 0.411. The summed E-state index contributed by atoms with van der Waals surface area (Å²) in [5, 5.41) is 6.52. The molecule has 0 atom stereocenters. The third-order valence-corrected chi connectivity index (χ3v) is 4.65. The summed E-state index contributed by atoms with van der Waals surface area (Å²) in [4.78, 5) is 3.74. The zero-order valence-electron chi connectivity index (χ0n) is 8.90. The Hall–Kier alpha value is 0.0969. The van der Waals surface area contributed by atoms with E-state index in [4.69, 9.17) is 0 Å². The molecule has 0 heterocycles. The summed E-state index contributed by atoms with van der Waals surface area (Å²) in [5.41, 5.74) is 0. The van der Waals surface area contributed by atoms with Gasteiger partial charge >= 0.3 is 0 Å². The molecule has 0 aliphatic heterocycles. The van der Waals surface area contributed by atoms with E-state index < -0.39 is 0 Å². The molecule has 0 amide bonds. The Morgan fingerprint density at radius 2 is 1.85 bits per heavy atom. The number of nitrogens with one attached hydrogen (secondary N) is 3. The van der Waals surface area contributed by atoms with Gasteiger partial charge in [0.2, 0.25) is 0 Å². The molecule has 0 aromatic heterocycles. The van der Waals surface area contributed by atoms with Crippen molar-refractivity contribution in [1.82, 2.24) is 15.6 Å². The molecule has 0 aromatic rings. The van der Waals surface area contributed by atoms with Crippen LogP contribution < -0.4 is 15.6 Å². The van der Waals surface area contributed by atoms with Crippen molar-refractivity contribution in [2.75, 3.05) is 14.1 Å². The first kappa shape index (κ1) is 11.2. The summed E-state index contributed by atoms with van der Waals surface area (Å²) in [6, 6.07) is 2.16. The Labute approximate surface area is 84.0 Å². The predicted octanol–water partition coefficient (Wildman–Crippen LogP) is -0.214. The molecule has 78 valence electrons. The van der Waals surface area contributed by atoms with Crippen molar-refractivity contribution < 1.29 is 0 Å². The maximum atomic E-state index is 3.74. The van der Waals surface area contributed by atoms with Gasteiger partial charge in [-0.2, -0.15) is 0 Å². The molecule has 0 radical (unpaired) electrons. The van der Waals surface area contributed by atoms with Gasteiger partial charge < -0.3 is 15.6 Å². The number of hydrogen-bond acceptors (Lipinski definition) is 3. The largest absolute Gasteiger partial charge is 0.339 e. The molecule has 0 saturated heterocycles. The molecule has 1 aliphatic rings. The first-order valence-electron chi connectivity index (χ1n) is 5.44. The summed E-state index contributed by atoms with van der Waals surface area (Å²) >= 11 is 0. The number of rotatable bonds is 6. The van der Waals surface area contributed by atoms with Gasteiger partial charge in [0.05, 0.1) is 15.8 Å². The van der Waals surface area contributed by atoms with E-state index in [-0.39, 0.29) is 9.68 Å². The van der Waals surface area contributed by atoms with Crippen LogP contribution in [0.3, 0.4) is 0 Å². The smallest absolute Gasteiger partial charge is 0.0947 e. The normalized spacial score (nSPS) is 19.6. The second-order valence-corrected chi connectivity index (χ2v) is 5.34. The van der Waals surface area contributed by atoms with E-state index in [9.17, 15) is 0 Å². The molecule has 3 nitrogen and oxygen atoms in total. The first-order valence-corrected chi connectivity index (χ1v) is 7.15. The van der Waals surface area contributed by atoms with Crippen LogP contribution in [0.2, 0.25) is 6.04 Å². The van der Waals surface area contributed by atoms with Gasteiger partial charge in [0, 0.05) is 0 Å². The minimum atomic E-state index is -0.0625. The Morgan fingerprint density at radius 1 is 1.23 bits per heavy atom. The standard InChI is InChI=1S/C9H23N3Si/c1-10-9(11-2)7-13-12-8-5-3-4-6-8/h8-12H,3-7,13H2,1-2H3. The van der Waals surface area contributed by atoms with Crippen LogP contribution in [-0.2, 0) is 0 Å². The molecular formula is C9H23N3Si. The maximum Gasteiger partial charge on any atom is 0.0947 e. The molecular weight excluding hydrogens is 178 g/mol. The van der Waals surface area contributed by atoms with E-state index in [1.165, 1.54) is 31.7 Å². The Kier molecular flexibility index (Phi) is 5.62. The van der Waals surface area contributed by atoms with Gasteiger partial charge in [0.25, 0.3) is 0 Å². The van der Waals surface area contributed by atoms with E-state index in [2.05, 4.69) is 15.6 Å². The lowest BCUT2D eigenvalue weighted by Gasteiger charge is -2.17. The van der Waals surface area contributed by atoms with E-state index in [1.807, 2.05) is 14.1 Å². The second kappa shape index (κ2) is 6.54. The molecule has 1 aliphatic carbocycles. The molecule has 0 spiro atoms. The van der Waals surface area contributed by atoms with E-state index >= 15 is 0 Å². The second-order valence-electron chi connectivity index (χ2n) is 3.85. The summed E-state index contributed by atoms with van der Waals surface area (Å²) in [5.74, 6) is 0.